The lowest BCUT2D eigenvalue weighted by Gasteiger charge is -2.16. The number of aromatic nitrogens is 5. The molecule has 0 fully saturated rings. The Bertz CT molecular complexity index is 4570. The topological polar surface area (TPSA) is 74.8 Å². The van der Waals surface area contributed by atoms with E-state index < -0.39 is 0 Å². The third kappa shape index (κ3) is 5.38. The summed E-state index contributed by atoms with van der Waals surface area (Å²) in [6.45, 7) is 0. The maximum Gasteiger partial charge on any atom is 0.166 e. The van der Waals surface area contributed by atoms with Crippen molar-refractivity contribution in [3.05, 3.63) is 212 Å². The standard InChI is InChI=1S/C61H35N5O2/c1-2-16-40(17-3-1)65-49-22-10-6-18-41(49)47-33-38(27-30-51(47)65)59-62-60(39-26-28-44-43-20-8-12-24-53(43)68-56(44)35-39)64-61(63-59)46-29-31-55-57(45-21-9-13-25-54(45)67-55)58(46)66-50-23-11-7-19-42(50)48-32-36-14-4-5-15-37(36)34-52(48)66/h1-35H. The first kappa shape index (κ1) is 36.9. The number of nitrogens with zero attached hydrogens (tertiary/aromatic N) is 5. The first-order chi connectivity index (χ1) is 33.7. The highest BCUT2D eigenvalue weighted by Crippen LogP contribution is 2.44. The van der Waals surface area contributed by atoms with Crippen LogP contribution in [0.2, 0.25) is 0 Å². The van der Waals surface area contributed by atoms with Crippen molar-refractivity contribution in [3.8, 4) is 45.5 Å². The van der Waals surface area contributed by atoms with Crippen LogP contribution in [0.3, 0.4) is 0 Å². The molecule has 0 N–H and O–H groups in total. The predicted octanol–water partition coefficient (Wildman–Crippen LogP) is 16.0. The highest BCUT2D eigenvalue weighted by Gasteiger charge is 2.25. The molecule has 0 saturated carbocycles. The molecule has 7 heteroatoms. The highest BCUT2D eigenvalue weighted by molar-refractivity contribution is 6.18. The van der Waals surface area contributed by atoms with Gasteiger partial charge < -0.3 is 18.0 Å². The average molecular weight is 870 g/mol. The van der Waals surface area contributed by atoms with Gasteiger partial charge in [-0.15, -0.1) is 0 Å². The molecule has 5 heterocycles. The largest absolute Gasteiger partial charge is 0.456 e. The molecule has 316 valence electrons. The van der Waals surface area contributed by atoms with Crippen molar-refractivity contribution in [1.29, 1.82) is 0 Å². The average Bonchev–Trinajstić information content (AvgIpc) is 4.15. The summed E-state index contributed by atoms with van der Waals surface area (Å²) in [6.07, 6.45) is 0. The Hall–Kier alpha value is -9.33. The van der Waals surface area contributed by atoms with Crippen LogP contribution in [0.25, 0.3) is 144 Å². The van der Waals surface area contributed by atoms with E-state index in [4.69, 9.17) is 23.8 Å². The predicted molar refractivity (Wildman–Crippen MR) is 277 cm³/mol. The zero-order valence-electron chi connectivity index (χ0n) is 36.3. The summed E-state index contributed by atoms with van der Waals surface area (Å²) < 4.78 is 17.8. The molecule has 5 aromatic heterocycles. The molecule has 15 aromatic rings. The summed E-state index contributed by atoms with van der Waals surface area (Å²) in [4.78, 5) is 16.3. The maximum absolute atomic E-state index is 6.66. The van der Waals surface area contributed by atoms with Gasteiger partial charge in [-0.1, -0.05) is 121 Å². The van der Waals surface area contributed by atoms with Crippen molar-refractivity contribution in [3.63, 3.8) is 0 Å². The second-order valence-electron chi connectivity index (χ2n) is 17.5. The summed E-state index contributed by atoms with van der Waals surface area (Å²) in [5.74, 6) is 1.63. The van der Waals surface area contributed by atoms with Crippen molar-refractivity contribution in [2.45, 2.75) is 0 Å². The molecule has 0 aliphatic carbocycles. The Morgan fingerprint density at radius 3 is 1.63 bits per heavy atom. The van der Waals surface area contributed by atoms with Crippen molar-refractivity contribution in [2.24, 2.45) is 0 Å². The molecular formula is C61H35N5O2. The number of benzene rings is 10. The van der Waals surface area contributed by atoms with E-state index in [0.29, 0.717) is 17.5 Å². The lowest BCUT2D eigenvalue weighted by molar-refractivity contribution is 0.668. The van der Waals surface area contributed by atoms with Crippen molar-refractivity contribution in [2.75, 3.05) is 0 Å². The van der Waals surface area contributed by atoms with E-state index in [9.17, 15) is 0 Å². The molecule has 68 heavy (non-hydrogen) atoms. The van der Waals surface area contributed by atoms with Crippen LogP contribution in [0, 0.1) is 0 Å². The Morgan fingerprint density at radius 1 is 0.309 bits per heavy atom. The van der Waals surface area contributed by atoms with E-state index in [-0.39, 0.29) is 0 Å². The number of hydrogen-bond donors (Lipinski definition) is 0. The van der Waals surface area contributed by atoms with Crippen LogP contribution in [-0.2, 0) is 0 Å². The summed E-state index contributed by atoms with van der Waals surface area (Å²) >= 11 is 0. The molecule has 0 unspecified atom stereocenters. The van der Waals surface area contributed by atoms with Crippen molar-refractivity contribution < 1.29 is 8.83 Å². The molecule has 0 saturated heterocycles. The fourth-order valence-electron chi connectivity index (χ4n) is 10.7. The van der Waals surface area contributed by atoms with Gasteiger partial charge in [-0.2, -0.15) is 0 Å². The van der Waals surface area contributed by atoms with Gasteiger partial charge in [0.15, 0.2) is 17.5 Å². The minimum atomic E-state index is 0.537. The van der Waals surface area contributed by atoms with Gasteiger partial charge in [-0.05, 0) is 102 Å². The molecule has 0 amide bonds. The highest BCUT2D eigenvalue weighted by atomic mass is 16.3. The number of rotatable bonds is 5. The van der Waals surface area contributed by atoms with Crippen molar-refractivity contribution in [1.82, 2.24) is 24.1 Å². The molecule has 15 rings (SSSR count). The van der Waals surface area contributed by atoms with Crippen LogP contribution in [0.15, 0.2) is 221 Å². The van der Waals surface area contributed by atoms with E-state index in [1.54, 1.807) is 0 Å². The van der Waals surface area contributed by atoms with Crippen molar-refractivity contribution >= 4 is 98.3 Å². The zero-order valence-corrected chi connectivity index (χ0v) is 36.3. The van der Waals surface area contributed by atoms with Crippen LogP contribution in [0.1, 0.15) is 0 Å². The van der Waals surface area contributed by atoms with Crippen LogP contribution in [0.4, 0.5) is 0 Å². The van der Waals surface area contributed by atoms with Crippen LogP contribution >= 0.6 is 0 Å². The number of hydrogen-bond acceptors (Lipinski definition) is 5. The minimum Gasteiger partial charge on any atom is -0.456 e. The van der Waals surface area contributed by atoms with Gasteiger partial charge in [0.2, 0.25) is 0 Å². The molecule has 7 nitrogen and oxygen atoms in total. The Morgan fingerprint density at radius 2 is 0.853 bits per heavy atom. The Balaban J connectivity index is 1.04. The fourth-order valence-corrected chi connectivity index (χ4v) is 10.7. The molecule has 0 aliphatic heterocycles. The monoisotopic (exact) mass is 869 g/mol. The van der Waals surface area contributed by atoms with Gasteiger partial charge in [0.1, 0.15) is 22.3 Å². The molecular weight excluding hydrogens is 835 g/mol. The van der Waals surface area contributed by atoms with Gasteiger partial charge in [0.25, 0.3) is 0 Å². The summed E-state index contributed by atoms with van der Waals surface area (Å²) in [7, 11) is 0. The smallest absolute Gasteiger partial charge is 0.166 e. The summed E-state index contributed by atoms with van der Waals surface area (Å²) in [5.41, 5.74) is 12.2. The molecule has 0 spiro atoms. The first-order valence-electron chi connectivity index (χ1n) is 22.8. The Labute approximate surface area is 387 Å². The van der Waals surface area contributed by atoms with Crippen LogP contribution in [-0.4, -0.2) is 24.1 Å². The molecule has 0 aliphatic rings. The maximum atomic E-state index is 6.66. The van der Waals surface area contributed by atoms with E-state index >= 15 is 0 Å². The van der Waals surface area contributed by atoms with Crippen LogP contribution < -0.4 is 0 Å². The quantitative estimate of drug-likeness (QED) is 0.172. The molecule has 0 atom stereocenters. The number of furan rings is 2. The van der Waals surface area contributed by atoms with Gasteiger partial charge in [0, 0.05) is 60.1 Å². The van der Waals surface area contributed by atoms with Gasteiger partial charge in [-0.25, -0.2) is 15.0 Å². The van der Waals surface area contributed by atoms with E-state index in [2.05, 4.69) is 191 Å². The van der Waals surface area contributed by atoms with E-state index in [1.807, 2.05) is 30.3 Å². The molecule has 10 aromatic carbocycles. The zero-order chi connectivity index (χ0) is 44.5. The van der Waals surface area contributed by atoms with Gasteiger partial charge >= 0.3 is 0 Å². The second kappa shape index (κ2) is 14.1. The normalized spacial score (nSPS) is 12.1. The second-order valence-corrected chi connectivity index (χ2v) is 17.5. The van der Waals surface area contributed by atoms with Gasteiger partial charge in [-0.3, -0.25) is 0 Å². The molecule has 0 radical (unpaired) electrons. The Kier molecular flexibility index (Phi) is 7.65. The first-order valence-corrected chi connectivity index (χ1v) is 22.8. The lowest BCUT2D eigenvalue weighted by atomic mass is 10.0. The van der Waals surface area contributed by atoms with Gasteiger partial charge in [0.05, 0.1) is 33.1 Å². The molecule has 0 bridgehead atoms. The number of fused-ring (bicyclic) bond motifs is 13. The number of para-hydroxylation sites is 5. The summed E-state index contributed by atoms with van der Waals surface area (Å²) in [6, 6.07) is 74.4. The summed E-state index contributed by atoms with van der Waals surface area (Å²) in [5, 5.41) is 11.0. The third-order valence-electron chi connectivity index (χ3n) is 13.7. The minimum absolute atomic E-state index is 0.537. The lowest BCUT2D eigenvalue weighted by Crippen LogP contribution is -2.04. The van der Waals surface area contributed by atoms with E-state index in [1.165, 1.54) is 5.39 Å². The third-order valence-corrected chi connectivity index (χ3v) is 13.7. The van der Waals surface area contributed by atoms with Crippen LogP contribution in [0.5, 0.6) is 0 Å². The van der Waals surface area contributed by atoms with E-state index in [0.717, 1.165) is 121 Å². The SMILES string of the molecule is c1ccc(-n2c3ccccc3c3cc(-c4nc(-c5ccc6c(c5)oc5ccccc56)nc(-c5ccc6oc7ccccc7c6c5-n5c6ccccc6c6cc7ccccc7cc65)n4)ccc32)cc1. The fraction of sp³-hybridized carbons (Fsp3) is 0.